The lowest BCUT2D eigenvalue weighted by molar-refractivity contribution is 0.114. The number of hydroxylamine groups is 1. The van der Waals surface area contributed by atoms with Crippen LogP contribution < -0.4 is 5.06 Å². The molecule has 0 aliphatic heterocycles. The minimum Gasteiger partial charge on any atom is -0.276 e. The summed E-state index contributed by atoms with van der Waals surface area (Å²) in [5.41, 5.74) is 0.973. The van der Waals surface area contributed by atoms with Gasteiger partial charge in [-0.05, 0) is 32.9 Å². The van der Waals surface area contributed by atoms with E-state index in [2.05, 4.69) is 25.8 Å². The van der Waals surface area contributed by atoms with Gasteiger partial charge in [0.25, 0.3) is 0 Å². The van der Waals surface area contributed by atoms with Crippen molar-refractivity contribution in [2.75, 3.05) is 12.2 Å². The highest BCUT2D eigenvalue weighted by atomic mass is 16.7. The maximum atomic E-state index is 5.31. The second kappa shape index (κ2) is 3.75. The summed E-state index contributed by atoms with van der Waals surface area (Å²) in [7, 11) is 1.67. The molecular weight excluding hydrogens is 164 g/mol. The third kappa shape index (κ3) is 2.42. The van der Waals surface area contributed by atoms with Gasteiger partial charge in [-0.15, -0.1) is 0 Å². The SMILES string of the molecule is CON(c1ccncc1)C(C)(C)C. The van der Waals surface area contributed by atoms with Crippen LogP contribution in [0.4, 0.5) is 5.69 Å². The summed E-state index contributed by atoms with van der Waals surface area (Å²) in [6, 6.07) is 3.85. The molecule has 1 rings (SSSR count). The van der Waals surface area contributed by atoms with Crippen LogP contribution >= 0.6 is 0 Å². The lowest BCUT2D eigenvalue weighted by Gasteiger charge is -2.34. The first-order valence-corrected chi connectivity index (χ1v) is 4.30. The first-order chi connectivity index (χ1) is 6.05. The molecule has 1 aromatic heterocycles. The zero-order chi connectivity index (χ0) is 9.90. The van der Waals surface area contributed by atoms with Crippen molar-refractivity contribution in [2.24, 2.45) is 0 Å². The molecule has 0 fully saturated rings. The highest BCUT2D eigenvalue weighted by Gasteiger charge is 2.21. The molecular formula is C10H16N2O. The number of hydrogen-bond donors (Lipinski definition) is 0. The molecule has 0 bridgehead atoms. The quantitative estimate of drug-likeness (QED) is 0.653. The molecule has 3 nitrogen and oxygen atoms in total. The molecule has 0 atom stereocenters. The van der Waals surface area contributed by atoms with Crippen molar-refractivity contribution in [1.82, 2.24) is 4.98 Å². The number of nitrogens with zero attached hydrogens (tertiary/aromatic N) is 2. The average molecular weight is 180 g/mol. The largest absolute Gasteiger partial charge is 0.276 e. The molecule has 0 aliphatic rings. The molecule has 0 radical (unpaired) electrons. The maximum absolute atomic E-state index is 5.31. The fourth-order valence-electron chi connectivity index (χ4n) is 1.25. The van der Waals surface area contributed by atoms with Gasteiger partial charge in [0.15, 0.2) is 0 Å². The van der Waals surface area contributed by atoms with Crippen LogP contribution in [0.3, 0.4) is 0 Å². The van der Waals surface area contributed by atoms with Crippen molar-refractivity contribution in [3.8, 4) is 0 Å². The first-order valence-electron chi connectivity index (χ1n) is 4.30. The Morgan fingerprint density at radius 3 is 2.15 bits per heavy atom. The normalized spacial score (nSPS) is 11.4. The summed E-state index contributed by atoms with van der Waals surface area (Å²) in [4.78, 5) is 9.27. The fraction of sp³-hybridized carbons (Fsp3) is 0.500. The van der Waals surface area contributed by atoms with E-state index in [1.54, 1.807) is 19.5 Å². The molecule has 0 amide bonds. The standard InChI is InChI=1S/C10H16N2O/c1-10(2,3)12(13-4)9-5-7-11-8-6-9/h5-8H,1-4H3. The maximum Gasteiger partial charge on any atom is 0.0673 e. The molecule has 0 unspecified atom stereocenters. The molecule has 0 saturated heterocycles. The van der Waals surface area contributed by atoms with Gasteiger partial charge in [-0.1, -0.05) is 0 Å². The van der Waals surface area contributed by atoms with Gasteiger partial charge >= 0.3 is 0 Å². The number of aromatic nitrogens is 1. The summed E-state index contributed by atoms with van der Waals surface area (Å²) in [5.74, 6) is 0. The summed E-state index contributed by atoms with van der Waals surface area (Å²) in [6.07, 6.45) is 3.51. The Morgan fingerprint density at radius 2 is 1.77 bits per heavy atom. The minimum atomic E-state index is -0.0455. The van der Waals surface area contributed by atoms with E-state index >= 15 is 0 Å². The molecule has 0 N–H and O–H groups in total. The second-order valence-corrected chi connectivity index (χ2v) is 3.85. The van der Waals surface area contributed by atoms with Crippen LogP contribution in [0.25, 0.3) is 0 Å². The van der Waals surface area contributed by atoms with Crippen molar-refractivity contribution in [2.45, 2.75) is 26.3 Å². The molecule has 0 aliphatic carbocycles. The van der Waals surface area contributed by atoms with Gasteiger partial charge in [0.1, 0.15) is 0 Å². The molecule has 1 heterocycles. The fourth-order valence-corrected chi connectivity index (χ4v) is 1.25. The van der Waals surface area contributed by atoms with Crippen LogP contribution in [0, 0.1) is 0 Å². The Balaban J connectivity index is 2.92. The summed E-state index contributed by atoms with van der Waals surface area (Å²) < 4.78 is 0. The smallest absolute Gasteiger partial charge is 0.0673 e. The second-order valence-electron chi connectivity index (χ2n) is 3.85. The van der Waals surface area contributed by atoms with E-state index in [0.29, 0.717) is 0 Å². The molecule has 0 saturated carbocycles. The van der Waals surface area contributed by atoms with Crippen molar-refractivity contribution >= 4 is 5.69 Å². The summed E-state index contributed by atoms with van der Waals surface area (Å²) >= 11 is 0. The number of rotatable bonds is 2. The van der Waals surface area contributed by atoms with Gasteiger partial charge in [0, 0.05) is 12.4 Å². The third-order valence-corrected chi connectivity index (χ3v) is 1.69. The van der Waals surface area contributed by atoms with Crippen molar-refractivity contribution in [3.05, 3.63) is 24.5 Å². The molecule has 1 aromatic rings. The lowest BCUT2D eigenvalue weighted by atomic mass is 10.1. The molecule has 13 heavy (non-hydrogen) atoms. The zero-order valence-corrected chi connectivity index (χ0v) is 8.61. The monoisotopic (exact) mass is 180 g/mol. The number of pyridine rings is 1. The van der Waals surface area contributed by atoms with Crippen LogP contribution in [0.1, 0.15) is 20.8 Å². The Bertz CT molecular complexity index is 253. The molecule has 0 aromatic carbocycles. The third-order valence-electron chi connectivity index (χ3n) is 1.69. The predicted octanol–water partition coefficient (Wildman–Crippen LogP) is 2.25. The molecule has 0 spiro atoms. The Hall–Kier alpha value is -1.09. The van der Waals surface area contributed by atoms with Crippen LogP contribution in [0.2, 0.25) is 0 Å². The number of hydrogen-bond acceptors (Lipinski definition) is 3. The molecule has 72 valence electrons. The predicted molar refractivity (Wildman–Crippen MR) is 53.5 cm³/mol. The van der Waals surface area contributed by atoms with E-state index in [0.717, 1.165) is 5.69 Å². The Kier molecular flexibility index (Phi) is 2.88. The van der Waals surface area contributed by atoms with Gasteiger partial charge in [-0.3, -0.25) is 9.82 Å². The Labute approximate surface area is 79.3 Å². The van der Waals surface area contributed by atoms with Crippen molar-refractivity contribution in [3.63, 3.8) is 0 Å². The molecule has 3 heteroatoms. The van der Waals surface area contributed by atoms with Gasteiger partial charge in [0.2, 0.25) is 0 Å². The van der Waals surface area contributed by atoms with Gasteiger partial charge in [-0.2, -0.15) is 0 Å². The number of anilines is 1. The highest BCUT2D eigenvalue weighted by Crippen LogP contribution is 2.22. The van der Waals surface area contributed by atoms with E-state index in [9.17, 15) is 0 Å². The van der Waals surface area contributed by atoms with Crippen molar-refractivity contribution < 1.29 is 4.84 Å². The van der Waals surface area contributed by atoms with Gasteiger partial charge in [-0.25, -0.2) is 5.06 Å². The highest BCUT2D eigenvalue weighted by molar-refractivity contribution is 5.43. The van der Waals surface area contributed by atoms with Crippen LogP contribution in [-0.4, -0.2) is 17.6 Å². The van der Waals surface area contributed by atoms with Crippen LogP contribution in [-0.2, 0) is 4.84 Å². The van der Waals surface area contributed by atoms with E-state index in [-0.39, 0.29) is 5.54 Å². The zero-order valence-electron chi connectivity index (χ0n) is 8.61. The van der Waals surface area contributed by atoms with E-state index < -0.39 is 0 Å². The topological polar surface area (TPSA) is 25.4 Å². The summed E-state index contributed by atoms with van der Waals surface area (Å²) in [5, 5.41) is 1.86. The minimum absolute atomic E-state index is 0.0455. The lowest BCUT2D eigenvalue weighted by Crippen LogP contribution is -2.40. The summed E-state index contributed by atoms with van der Waals surface area (Å²) in [6.45, 7) is 6.28. The Morgan fingerprint density at radius 1 is 1.23 bits per heavy atom. The van der Waals surface area contributed by atoms with Gasteiger partial charge < -0.3 is 0 Å². The average Bonchev–Trinajstić information content (AvgIpc) is 2.05. The van der Waals surface area contributed by atoms with E-state index in [4.69, 9.17) is 4.84 Å². The van der Waals surface area contributed by atoms with Gasteiger partial charge in [0.05, 0.1) is 18.3 Å². The van der Waals surface area contributed by atoms with Crippen LogP contribution in [0.15, 0.2) is 24.5 Å². The van der Waals surface area contributed by atoms with Crippen LogP contribution in [0.5, 0.6) is 0 Å². The van der Waals surface area contributed by atoms with E-state index in [1.807, 2.05) is 17.2 Å². The first kappa shape index (κ1) is 9.99. The van der Waals surface area contributed by atoms with Crippen molar-refractivity contribution in [1.29, 1.82) is 0 Å². The van der Waals surface area contributed by atoms with E-state index in [1.165, 1.54) is 0 Å².